The molecule has 7 heteroatoms. The van der Waals surface area contributed by atoms with Gasteiger partial charge in [0.25, 0.3) is 0 Å². The van der Waals surface area contributed by atoms with E-state index in [2.05, 4.69) is 16.0 Å². The lowest BCUT2D eigenvalue weighted by Gasteiger charge is -2.19. The fourth-order valence-corrected chi connectivity index (χ4v) is 2.83. The second kappa shape index (κ2) is 8.37. The van der Waals surface area contributed by atoms with Crippen LogP contribution in [0.2, 0.25) is 0 Å². The van der Waals surface area contributed by atoms with Crippen molar-refractivity contribution in [2.45, 2.75) is 38.8 Å². The van der Waals surface area contributed by atoms with Gasteiger partial charge in [-0.2, -0.15) is 0 Å². The summed E-state index contributed by atoms with van der Waals surface area (Å²) in [6.45, 7) is 3.52. The van der Waals surface area contributed by atoms with E-state index < -0.39 is 23.7 Å². The lowest BCUT2D eigenvalue weighted by molar-refractivity contribution is -0.117. The second-order valence-corrected chi connectivity index (χ2v) is 7.12. The summed E-state index contributed by atoms with van der Waals surface area (Å²) in [6.07, 6.45) is 1.89. The predicted molar refractivity (Wildman–Crippen MR) is 103 cm³/mol. The van der Waals surface area contributed by atoms with Gasteiger partial charge in [0.15, 0.2) is 11.6 Å². The summed E-state index contributed by atoms with van der Waals surface area (Å²) in [5, 5.41) is 8.38. The minimum absolute atomic E-state index is 0.0459. The van der Waals surface area contributed by atoms with Crippen molar-refractivity contribution in [3.63, 3.8) is 0 Å². The van der Waals surface area contributed by atoms with Crippen LogP contribution in [0.25, 0.3) is 0 Å². The Morgan fingerprint density at radius 3 is 2.04 bits per heavy atom. The van der Waals surface area contributed by atoms with E-state index in [1.807, 2.05) is 19.1 Å². The van der Waals surface area contributed by atoms with Crippen LogP contribution >= 0.6 is 0 Å². The number of benzene rings is 2. The zero-order valence-corrected chi connectivity index (χ0v) is 15.8. The van der Waals surface area contributed by atoms with Crippen LogP contribution in [0.15, 0.2) is 42.5 Å². The van der Waals surface area contributed by atoms with Gasteiger partial charge < -0.3 is 16.0 Å². The third-order valence-corrected chi connectivity index (χ3v) is 4.77. The molecule has 1 aliphatic rings. The molecule has 1 aliphatic carbocycles. The molecule has 5 nitrogen and oxygen atoms in total. The Hall–Kier alpha value is -2.96. The SMILES string of the molecule is CC(NC(=O)NC(C)c1ccc(F)c(F)c1)c1ccc(NC(=O)C2CC2)cc1. The van der Waals surface area contributed by atoms with Crippen molar-refractivity contribution in [2.24, 2.45) is 5.92 Å². The molecule has 0 aromatic heterocycles. The van der Waals surface area contributed by atoms with Gasteiger partial charge in [0.2, 0.25) is 5.91 Å². The molecule has 1 fully saturated rings. The number of nitrogens with one attached hydrogen (secondary N) is 3. The molecule has 148 valence electrons. The Morgan fingerprint density at radius 1 is 0.893 bits per heavy atom. The first-order valence-corrected chi connectivity index (χ1v) is 9.26. The van der Waals surface area contributed by atoms with Crippen LogP contribution in [-0.4, -0.2) is 11.9 Å². The number of urea groups is 1. The number of hydrogen-bond donors (Lipinski definition) is 3. The van der Waals surface area contributed by atoms with Gasteiger partial charge in [-0.1, -0.05) is 18.2 Å². The summed E-state index contributed by atoms with van der Waals surface area (Å²) in [5.74, 6) is -1.69. The average Bonchev–Trinajstić information content (AvgIpc) is 3.49. The maximum absolute atomic E-state index is 13.3. The van der Waals surface area contributed by atoms with E-state index >= 15 is 0 Å². The molecule has 2 atom stereocenters. The topological polar surface area (TPSA) is 70.2 Å². The van der Waals surface area contributed by atoms with Crippen LogP contribution in [0, 0.1) is 17.6 Å². The molecule has 0 heterocycles. The molecule has 2 aromatic carbocycles. The average molecular weight is 387 g/mol. The highest BCUT2D eigenvalue weighted by atomic mass is 19.2. The van der Waals surface area contributed by atoms with Gasteiger partial charge in [0.1, 0.15) is 0 Å². The highest BCUT2D eigenvalue weighted by molar-refractivity contribution is 5.94. The molecule has 3 N–H and O–H groups in total. The Kier molecular flexibility index (Phi) is 5.92. The summed E-state index contributed by atoms with van der Waals surface area (Å²) < 4.78 is 26.4. The number of halogens is 2. The Balaban J connectivity index is 1.52. The lowest BCUT2D eigenvalue weighted by Crippen LogP contribution is -2.38. The van der Waals surface area contributed by atoms with Crippen LogP contribution in [-0.2, 0) is 4.79 Å². The van der Waals surface area contributed by atoms with E-state index in [4.69, 9.17) is 0 Å². The van der Waals surface area contributed by atoms with Gasteiger partial charge in [-0.15, -0.1) is 0 Å². The van der Waals surface area contributed by atoms with E-state index in [9.17, 15) is 18.4 Å². The first-order valence-electron chi connectivity index (χ1n) is 9.26. The zero-order valence-electron chi connectivity index (χ0n) is 15.8. The summed E-state index contributed by atoms with van der Waals surface area (Å²) >= 11 is 0. The Bertz CT molecular complexity index is 866. The molecule has 28 heavy (non-hydrogen) atoms. The van der Waals surface area contributed by atoms with Gasteiger partial charge in [-0.25, -0.2) is 13.6 Å². The highest BCUT2D eigenvalue weighted by Crippen LogP contribution is 2.30. The normalized spacial score (nSPS) is 15.4. The van der Waals surface area contributed by atoms with Gasteiger partial charge in [-0.05, 0) is 62.1 Å². The Labute approximate surface area is 162 Å². The monoisotopic (exact) mass is 387 g/mol. The molecular formula is C21H23F2N3O2. The first-order chi connectivity index (χ1) is 13.3. The summed E-state index contributed by atoms with van der Waals surface area (Å²) in [4.78, 5) is 24.0. The van der Waals surface area contributed by atoms with Crippen LogP contribution in [0.1, 0.15) is 49.9 Å². The fourth-order valence-electron chi connectivity index (χ4n) is 2.83. The molecular weight excluding hydrogens is 364 g/mol. The minimum atomic E-state index is -0.950. The third kappa shape index (κ3) is 5.06. The van der Waals surface area contributed by atoms with E-state index in [0.29, 0.717) is 5.56 Å². The predicted octanol–water partition coefficient (Wildman–Crippen LogP) is 4.43. The van der Waals surface area contributed by atoms with E-state index in [1.54, 1.807) is 19.1 Å². The van der Waals surface area contributed by atoms with Crippen LogP contribution < -0.4 is 16.0 Å². The molecule has 0 radical (unpaired) electrons. The number of carbonyl (C=O) groups is 2. The molecule has 3 amide bonds. The largest absolute Gasteiger partial charge is 0.332 e. The molecule has 0 aliphatic heterocycles. The molecule has 2 unspecified atom stereocenters. The van der Waals surface area contributed by atoms with Crippen LogP contribution in [0.3, 0.4) is 0 Å². The lowest BCUT2D eigenvalue weighted by atomic mass is 10.1. The molecule has 0 saturated heterocycles. The summed E-state index contributed by atoms with van der Waals surface area (Å²) in [6, 6.07) is 9.64. The van der Waals surface area contributed by atoms with Crippen molar-refractivity contribution in [1.29, 1.82) is 0 Å². The number of rotatable bonds is 6. The van der Waals surface area contributed by atoms with Gasteiger partial charge in [-0.3, -0.25) is 4.79 Å². The molecule has 1 saturated carbocycles. The van der Waals surface area contributed by atoms with Crippen LogP contribution in [0.4, 0.5) is 19.3 Å². The quantitative estimate of drug-likeness (QED) is 0.686. The zero-order chi connectivity index (χ0) is 20.3. The van der Waals surface area contributed by atoms with Crippen molar-refractivity contribution in [1.82, 2.24) is 10.6 Å². The van der Waals surface area contributed by atoms with Gasteiger partial charge >= 0.3 is 6.03 Å². The third-order valence-electron chi connectivity index (χ3n) is 4.77. The van der Waals surface area contributed by atoms with Gasteiger partial charge in [0.05, 0.1) is 12.1 Å². The Morgan fingerprint density at radius 2 is 1.46 bits per heavy atom. The van der Waals surface area contributed by atoms with E-state index in [0.717, 1.165) is 36.2 Å². The highest BCUT2D eigenvalue weighted by Gasteiger charge is 2.29. The van der Waals surface area contributed by atoms with Crippen molar-refractivity contribution in [2.75, 3.05) is 5.32 Å². The molecule has 0 spiro atoms. The summed E-state index contributed by atoms with van der Waals surface area (Å²) in [7, 11) is 0. The van der Waals surface area contributed by atoms with Crippen molar-refractivity contribution < 1.29 is 18.4 Å². The van der Waals surface area contributed by atoms with Crippen molar-refractivity contribution in [3.05, 3.63) is 65.2 Å². The maximum Gasteiger partial charge on any atom is 0.315 e. The minimum Gasteiger partial charge on any atom is -0.332 e. The summed E-state index contributed by atoms with van der Waals surface area (Å²) in [5.41, 5.74) is 2.07. The van der Waals surface area contributed by atoms with Crippen molar-refractivity contribution >= 4 is 17.6 Å². The smallest absolute Gasteiger partial charge is 0.315 e. The molecule has 3 rings (SSSR count). The number of anilines is 1. The first kappa shape index (κ1) is 19.8. The molecule has 2 aromatic rings. The van der Waals surface area contributed by atoms with Crippen molar-refractivity contribution in [3.8, 4) is 0 Å². The van der Waals surface area contributed by atoms with Gasteiger partial charge in [0, 0.05) is 11.6 Å². The maximum atomic E-state index is 13.3. The molecule has 0 bridgehead atoms. The number of amides is 3. The van der Waals surface area contributed by atoms with E-state index in [-0.39, 0.29) is 17.9 Å². The number of carbonyl (C=O) groups excluding carboxylic acids is 2. The second-order valence-electron chi connectivity index (χ2n) is 7.12. The van der Waals surface area contributed by atoms with E-state index in [1.165, 1.54) is 6.07 Å². The standard InChI is InChI=1S/C21H23F2N3O2/c1-12(14-5-8-17(9-6-14)26-20(27)15-3-4-15)24-21(28)25-13(2)16-7-10-18(22)19(23)11-16/h5-13,15H,3-4H2,1-2H3,(H,26,27)(H2,24,25,28). The van der Waals surface area contributed by atoms with Crippen LogP contribution in [0.5, 0.6) is 0 Å². The number of hydrogen-bond acceptors (Lipinski definition) is 2. The fraction of sp³-hybridized carbons (Fsp3) is 0.333.